The summed E-state index contributed by atoms with van der Waals surface area (Å²) in [6.45, 7) is 9.39. The van der Waals surface area contributed by atoms with E-state index in [1.807, 2.05) is 36.7 Å². The topological polar surface area (TPSA) is 90.7 Å². The molecule has 258 valence electrons. The van der Waals surface area contributed by atoms with E-state index in [0.29, 0.717) is 5.56 Å². The predicted molar refractivity (Wildman–Crippen MR) is 211 cm³/mol. The van der Waals surface area contributed by atoms with Crippen molar-refractivity contribution < 1.29 is 20.1 Å². The first-order chi connectivity index (χ1) is 24.9. The van der Waals surface area contributed by atoms with Crippen LogP contribution < -0.4 is 0 Å². The summed E-state index contributed by atoms with van der Waals surface area (Å²) in [4.78, 5) is 15.8. The van der Waals surface area contributed by atoms with Gasteiger partial charge in [-0.2, -0.15) is 0 Å². The predicted octanol–water partition coefficient (Wildman–Crippen LogP) is 11.3. The molecule has 1 atom stereocenters. The molecule has 6 aromatic rings. The molecule has 0 radical (unpaired) electrons. The van der Waals surface area contributed by atoms with Gasteiger partial charge in [0.25, 0.3) is 0 Å². The van der Waals surface area contributed by atoms with Crippen molar-refractivity contribution in [3.8, 4) is 28.0 Å². The second-order valence-corrected chi connectivity index (χ2v) is 15.6. The Kier molecular flexibility index (Phi) is 8.00. The first-order valence-corrected chi connectivity index (χ1v) is 17.8. The van der Waals surface area contributed by atoms with Crippen LogP contribution >= 0.6 is 0 Å². The van der Waals surface area contributed by atoms with Crippen molar-refractivity contribution in [1.82, 2.24) is 4.98 Å². The lowest BCUT2D eigenvalue weighted by Crippen LogP contribution is -2.28. The average Bonchev–Trinajstić information content (AvgIpc) is 3.12. The standard InChI is InChI=1S/C47H41NO4/c1-46(2)20-17-34-33(26-46)27-47(3,4)44-37(34)15-12-31-24-32(25-39(42(31)44)30-18-21-48-22-19-30)36-14-11-29-7-5-6-8-35(29)43(36)40(49)16-10-28-9-13-38(45(51)52)41(50)23-28/h5-25,40,49-50H,26-27H2,1-4H3,(H,51,52)/b16-10+. The summed E-state index contributed by atoms with van der Waals surface area (Å²) in [5, 5.41) is 35.9. The van der Waals surface area contributed by atoms with E-state index in [1.54, 1.807) is 18.2 Å². The maximum atomic E-state index is 11.9. The molecule has 2 aliphatic rings. The largest absolute Gasteiger partial charge is 0.507 e. The summed E-state index contributed by atoms with van der Waals surface area (Å²) in [6, 6.07) is 29.9. The number of pyridine rings is 1. The third-order valence-electron chi connectivity index (χ3n) is 10.8. The van der Waals surface area contributed by atoms with Gasteiger partial charge in [0, 0.05) is 18.0 Å². The summed E-state index contributed by atoms with van der Waals surface area (Å²) in [6.07, 6.45) is 12.9. The van der Waals surface area contributed by atoms with Crippen molar-refractivity contribution in [2.24, 2.45) is 5.41 Å². The van der Waals surface area contributed by atoms with Crippen molar-refractivity contribution in [3.05, 3.63) is 155 Å². The molecule has 1 heterocycles. The van der Waals surface area contributed by atoms with Gasteiger partial charge in [-0.05, 0) is 126 Å². The number of benzene rings is 5. The van der Waals surface area contributed by atoms with Gasteiger partial charge in [-0.25, -0.2) is 4.79 Å². The molecule has 1 aromatic heterocycles. The molecule has 5 nitrogen and oxygen atoms in total. The minimum absolute atomic E-state index is 0.0928. The first kappa shape index (κ1) is 33.4. The number of hydrogen-bond acceptors (Lipinski definition) is 4. The van der Waals surface area contributed by atoms with Crippen LogP contribution in [0.2, 0.25) is 0 Å². The van der Waals surface area contributed by atoms with Crippen LogP contribution in [-0.4, -0.2) is 26.3 Å². The van der Waals surface area contributed by atoms with E-state index in [1.165, 1.54) is 39.8 Å². The van der Waals surface area contributed by atoms with E-state index in [4.69, 9.17) is 0 Å². The van der Waals surface area contributed by atoms with Gasteiger partial charge in [0.2, 0.25) is 0 Å². The number of carboxylic acids is 1. The number of aliphatic hydroxyl groups excluding tert-OH is 1. The van der Waals surface area contributed by atoms with E-state index < -0.39 is 12.1 Å². The number of hydrogen-bond donors (Lipinski definition) is 3. The molecule has 0 saturated carbocycles. The quantitative estimate of drug-likeness (QED) is 0.163. The molecule has 0 fully saturated rings. The molecule has 3 N–H and O–H groups in total. The van der Waals surface area contributed by atoms with Crippen LogP contribution in [0.3, 0.4) is 0 Å². The van der Waals surface area contributed by atoms with Crippen LogP contribution in [0.15, 0.2) is 127 Å². The molecule has 0 bridgehead atoms. The zero-order chi connectivity index (χ0) is 36.4. The second kappa shape index (κ2) is 12.5. The highest BCUT2D eigenvalue weighted by atomic mass is 16.4. The highest BCUT2D eigenvalue weighted by Gasteiger charge is 2.37. The highest BCUT2D eigenvalue weighted by Crippen LogP contribution is 2.53. The molecule has 52 heavy (non-hydrogen) atoms. The summed E-state index contributed by atoms with van der Waals surface area (Å²) >= 11 is 0. The number of rotatable bonds is 6. The van der Waals surface area contributed by atoms with Gasteiger partial charge in [0.05, 0.1) is 6.10 Å². The van der Waals surface area contributed by atoms with Crippen LogP contribution in [0.1, 0.15) is 79.3 Å². The van der Waals surface area contributed by atoms with Gasteiger partial charge in [-0.1, -0.05) is 112 Å². The Morgan fingerprint density at radius 2 is 1.56 bits per heavy atom. The van der Waals surface area contributed by atoms with Crippen LogP contribution in [0.5, 0.6) is 5.75 Å². The Hall–Kier alpha value is -5.78. The molecule has 0 spiro atoms. The van der Waals surface area contributed by atoms with Gasteiger partial charge >= 0.3 is 5.97 Å². The van der Waals surface area contributed by atoms with Crippen LogP contribution in [0.25, 0.3) is 55.4 Å². The van der Waals surface area contributed by atoms with Gasteiger partial charge in [0.15, 0.2) is 0 Å². The van der Waals surface area contributed by atoms with E-state index in [9.17, 15) is 20.1 Å². The number of aromatic nitrogens is 1. The fourth-order valence-corrected chi connectivity index (χ4v) is 8.50. The maximum Gasteiger partial charge on any atom is 0.339 e. The van der Waals surface area contributed by atoms with Gasteiger partial charge < -0.3 is 15.3 Å². The van der Waals surface area contributed by atoms with Crippen molar-refractivity contribution in [2.45, 2.75) is 52.1 Å². The number of aliphatic hydroxyl groups is 1. The third-order valence-corrected chi connectivity index (χ3v) is 10.8. The number of phenols is 1. The van der Waals surface area contributed by atoms with E-state index in [-0.39, 0.29) is 22.1 Å². The zero-order valence-electron chi connectivity index (χ0n) is 29.8. The van der Waals surface area contributed by atoms with E-state index >= 15 is 0 Å². The molecule has 5 aromatic carbocycles. The molecule has 0 aliphatic heterocycles. The number of aromatic carboxylic acids is 1. The maximum absolute atomic E-state index is 11.9. The lowest BCUT2D eigenvalue weighted by Gasteiger charge is -2.40. The first-order valence-electron chi connectivity index (χ1n) is 17.8. The molecular formula is C47H41NO4. The molecule has 8 rings (SSSR count). The summed E-state index contributed by atoms with van der Waals surface area (Å²) in [5.74, 6) is -1.52. The van der Waals surface area contributed by atoms with Crippen molar-refractivity contribution >= 4 is 39.2 Å². The minimum atomic E-state index is -1.20. The minimum Gasteiger partial charge on any atom is -0.507 e. The average molecular weight is 684 g/mol. The fourth-order valence-electron chi connectivity index (χ4n) is 8.50. The Balaban J connectivity index is 1.34. The SMILES string of the molecule is CC1(C)C=CC2=C(C1)CC(C)(C)c1c2ccc2cc(-c3ccc4ccccc4c3C(O)/C=C/c3ccc(C(=O)O)c(O)c3)cc(-c3ccncc3)c12. The highest BCUT2D eigenvalue weighted by molar-refractivity contribution is 6.06. The van der Waals surface area contributed by atoms with E-state index in [2.05, 4.69) is 93.4 Å². The Morgan fingerprint density at radius 1 is 0.808 bits per heavy atom. The van der Waals surface area contributed by atoms with Gasteiger partial charge in [0.1, 0.15) is 11.3 Å². The lowest BCUT2D eigenvalue weighted by molar-refractivity contribution is 0.0693. The third kappa shape index (κ3) is 5.81. The Morgan fingerprint density at radius 3 is 2.33 bits per heavy atom. The lowest BCUT2D eigenvalue weighted by atomic mass is 9.63. The number of allylic oxidation sites excluding steroid dienone is 4. The molecule has 1 unspecified atom stereocenters. The Labute approximate surface area is 303 Å². The summed E-state index contributed by atoms with van der Waals surface area (Å²) < 4.78 is 0. The van der Waals surface area contributed by atoms with Crippen LogP contribution in [0.4, 0.5) is 0 Å². The van der Waals surface area contributed by atoms with Gasteiger partial charge in [-0.15, -0.1) is 0 Å². The molecule has 0 amide bonds. The number of fused-ring (bicyclic) bond motifs is 5. The van der Waals surface area contributed by atoms with E-state index in [0.717, 1.165) is 56.8 Å². The zero-order valence-corrected chi connectivity index (χ0v) is 29.8. The van der Waals surface area contributed by atoms with Crippen molar-refractivity contribution in [1.29, 1.82) is 0 Å². The normalized spacial score (nSPS) is 16.6. The fraction of sp³-hybridized carbons (Fsp3) is 0.191. The second-order valence-electron chi connectivity index (χ2n) is 15.6. The molecular weight excluding hydrogens is 643 g/mol. The number of nitrogens with zero attached hydrogens (tertiary/aromatic N) is 1. The van der Waals surface area contributed by atoms with Crippen molar-refractivity contribution in [3.63, 3.8) is 0 Å². The monoisotopic (exact) mass is 683 g/mol. The van der Waals surface area contributed by atoms with Crippen molar-refractivity contribution in [2.75, 3.05) is 0 Å². The number of carboxylic acid groups (broad SMARTS) is 1. The molecule has 0 saturated heterocycles. The van der Waals surface area contributed by atoms with Crippen LogP contribution in [0, 0.1) is 5.41 Å². The van der Waals surface area contributed by atoms with Crippen LogP contribution in [-0.2, 0) is 5.41 Å². The summed E-state index contributed by atoms with van der Waals surface area (Å²) in [5.41, 5.74) is 10.9. The summed E-state index contributed by atoms with van der Waals surface area (Å²) in [7, 11) is 0. The number of aromatic hydroxyl groups is 1. The smallest absolute Gasteiger partial charge is 0.339 e. The molecule has 2 aliphatic carbocycles. The Bertz CT molecular complexity index is 2520. The number of carbonyl (C=O) groups is 1. The molecule has 5 heteroatoms. The van der Waals surface area contributed by atoms with Gasteiger partial charge in [-0.3, -0.25) is 4.98 Å².